The van der Waals surface area contributed by atoms with E-state index in [2.05, 4.69) is 10.3 Å². The van der Waals surface area contributed by atoms with E-state index in [1.165, 1.54) is 11.3 Å². The molecule has 1 aromatic carbocycles. The van der Waals surface area contributed by atoms with Crippen LogP contribution in [0.5, 0.6) is 0 Å². The van der Waals surface area contributed by atoms with E-state index in [1.54, 1.807) is 5.38 Å². The average molecular weight is 287 g/mol. The minimum absolute atomic E-state index is 0.0874. The third-order valence-electron chi connectivity index (χ3n) is 3.52. The highest BCUT2D eigenvalue weighted by atomic mass is 32.1. The molecule has 1 saturated carbocycles. The van der Waals surface area contributed by atoms with Crippen molar-refractivity contribution in [1.82, 2.24) is 10.3 Å². The van der Waals surface area contributed by atoms with Crippen molar-refractivity contribution in [2.75, 3.05) is 6.54 Å². The van der Waals surface area contributed by atoms with E-state index in [0.717, 1.165) is 23.4 Å². The van der Waals surface area contributed by atoms with Crippen molar-refractivity contribution in [3.05, 3.63) is 41.4 Å². The van der Waals surface area contributed by atoms with Crippen molar-refractivity contribution < 1.29 is 4.79 Å². The van der Waals surface area contributed by atoms with Crippen molar-refractivity contribution in [2.24, 2.45) is 11.7 Å². The van der Waals surface area contributed by atoms with E-state index in [-0.39, 0.29) is 11.9 Å². The van der Waals surface area contributed by atoms with Gasteiger partial charge in [-0.1, -0.05) is 30.3 Å². The number of carbonyl (C=O) groups excluding carboxylic acids is 1. The second-order valence-corrected chi connectivity index (χ2v) is 5.92. The normalized spacial score (nSPS) is 15.8. The van der Waals surface area contributed by atoms with Gasteiger partial charge in [0.1, 0.15) is 10.7 Å². The fourth-order valence-electron chi connectivity index (χ4n) is 2.20. The summed E-state index contributed by atoms with van der Waals surface area (Å²) >= 11 is 1.49. The molecule has 20 heavy (non-hydrogen) atoms. The van der Waals surface area contributed by atoms with Gasteiger partial charge in [-0.15, -0.1) is 11.3 Å². The third-order valence-corrected chi connectivity index (χ3v) is 4.41. The van der Waals surface area contributed by atoms with Crippen LogP contribution in [0.2, 0.25) is 0 Å². The van der Waals surface area contributed by atoms with Crippen LogP contribution in [0.4, 0.5) is 0 Å². The molecule has 3 N–H and O–H groups in total. The van der Waals surface area contributed by atoms with Gasteiger partial charge in [0.15, 0.2) is 0 Å². The molecule has 1 heterocycles. The molecule has 1 fully saturated rings. The Morgan fingerprint density at radius 1 is 1.40 bits per heavy atom. The van der Waals surface area contributed by atoms with E-state index in [9.17, 15) is 4.79 Å². The second kappa shape index (κ2) is 5.73. The molecule has 2 aromatic rings. The molecule has 4 nitrogen and oxygen atoms in total. The minimum Gasteiger partial charge on any atom is -0.346 e. The number of thiazole rings is 1. The van der Waals surface area contributed by atoms with Gasteiger partial charge in [0, 0.05) is 23.5 Å². The first-order valence-electron chi connectivity index (χ1n) is 6.80. The predicted octanol–water partition coefficient (Wildman–Crippen LogP) is 2.28. The summed E-state index contributed by atoms with van der Waals surface area (Å²) < 4.78 is 0. The predicted molar refractivity (Wildman–Crippen MR) is 80.6 cm³/mol. The molecule has 0 radical (unpaired) electrons. The first kappa shape index (κ1) is 13.3. The van der Waals surface area contributed by atoms with E-state index in [4.69, 9.17) is 5.73 Å². The second-order valence-electron chi connectivity index (χ2n) is 5.06. The van der Waals surface area contributed by atoms with E-state index in [0.29, 0.717) is 18.2 Å². The summed E-state index contributed by atoms with van der Waals surface area (Å²) in [5.41, 5.74) is 7.22. The molecule has 1 unspecified atom stereocenters. The van der Waals surface area contributed by atoms with Gasteiger partial charge < -0.3 is 11.1 Å². The van der Waals surface area contributed by atoms with E-state index in [1.807, 2.05) is 30.3 Å². The first-order chi connectivity index (χ1) is 9.78. The number of rotatable bonds is 5. The molecule has 104 valence electrons. The summed E-state index contributed by atoms with van der Waals surface area (Å²) in [5.74, 6) is 0.432. The summed E-state index contributed by atoms with van der Waals surface area (Å²) in [5, 5.41) is 5.66. The summed E-state index contributed by atoms with van der Waals surface area (Å²) in [6.45, 7) is 0.492. The topological polar surface area (TPSA) is 68.0 Å². The zero-order valence-corrected chi connectivity index (χ0v) is 11.9. The zero-order chi connectivity index (χ0) is 13.9. The first-order valence-corrected chi connectivity index (χ1v) is 7.68. The van der Waals surface area contributed by atoms with Crippen LogP contribution in [-0.4, -0.2) is 23.5 Å². The fraction of sp³-hybridized carbons (Fsp3) is 0.333. The van der Waals surface area contributed by atoms with Crippen LogP contribution in [-0.2, 0) is 0 Å². The number of hydrogen-bond acceptors (Lipinski definition) is 4. The molecule has 1 aromatic heterocycles. The zero-order valence-electron chi connectivity index (χ0n) is 11.1. The van der Waals surface area contributed by atoms with Crippen LogP contribution in [0.3, 0.4) is 0 Å². The van der Waals surface area contributed by atoms with E-state index >= 15 is 0 Å². The number of nitrogens with one attached hydrogen (secondary N) is 1. The number of nitrogens with zero attached hydrogens (tertiary/aromatic N) is 1. The van der Waals surface area contributed by atoms with Gasteiger partial charge in [-0.05, 0) is 18.8 Å². The number of hydrogen-bond donors (Lipinski definition) is 2. The molecule has 1 amide bonds. The summed E-state index contributed by atoms with van der Waals surface area (Å²) in [6.07, 6.45) is 2.32. The molecule has 5 heteroatoms. The SMILES string of the molecule is NCC(NC(=O)c1csc(-c2ccccc2)n1)C1CC1. The lowest BCUT2D eigenvalue weighted by molar-refractivity contribution is 0.0929. The molecule has 0 bridgehead atoms. The lowest BCUT2D eigenvalue weighted by atomic mass is 10.2. The molecule has 3 rings (SSSR count). The van der Waals surface area contributed by atoms with E-state index < -0.39 is 0 Å². The van der Waals surface area contributed by atoms with Gasteiger partial charge in [-0.25, -0.2) is 4.98 Å². The molecule has 0 aliphatic heterocycles. The van der Waals surface area contributed by atoms with Crippen molar-refractivity contribution in [2.45, 2.75) is 18.9 Å². The van der Waals surface area contributed by atoms with Crippen molar-refractivity contribution in [1.29, 1.82) is 0 Å². The van der Waals surface area contributed by atoms with Gasteiger partial charge in [0.25, 0.3) is 5.91 Å². The van der Waals surface area contributed by atoms with Crippen molar-refractivity contribution >= 4 is 17.2 Å². The quantitative estimate of drug-likeness (QED) is 0.886. The van der Waals surface area contributed by atoms with Gasteiger partial charge in [0.2, 0.25) is 0 Å². The number of carbonyl (C=O) groups is 1. The molecule has 1 aliphatic rings. The maximum Gasteiger partial charge on any atom is 0.271 e. The number of amides is 1. The summed E-state index contributed by atoms with van der Waals surface area (Å²) in [7, 11) is 0. The Labute approximate surface area is 122 Å². The smallest absolute Gasteiger partial charge is 0.271 e. The summed E-state index contributed by atoms with van der Waals surface area (Å²) in [6, 6.07) is 9.97. The number of aromatic nitrogens is 1. The molecule has 0 spiro atoms. The highest BCUT2D eigenvalue weighted by molar-refractivity contribution is 7.13. The Hall–Kier alpha value is -1.72. The van der Waals surface area contributed by atoms with Crippen molar-refractivity contribution in [3.8, 4) is 10.6 Å². The molecule has 1 atom stereocenters. The molecular formula is C15H17N3OS. The Morgan fingerprint density at radius 2 is 2.15 bits per heavy atom. The summed E-state index contributed by atoms with van der Waals surface area (Å²) in [4.78, 5) is 16.6. The van der Waals surface area contributed by atoms with Crippen LogP contribution < -0.4 is 11.1 Å². The van der Waals surface area contributed by atoms with Gasteiger partial charge >= 0.3 is 0 Å². The average Bonchev–Trinajstić information content (AvgIpc) is 3.21. The largest absolute Gasteiger partial charge is 0.346 e. The Bertz CT molecular complexity index is 592. The molecule has 0 saturated heterocycles. The fourth-order valence-corrected chi connectivity index (χ4v) is 3.01. The molecular weight excluding hydrogens is 270 g/mol. The maximum atomic E-state index is 12.2. The van der Waals surface area contributed by atoms with Crippen LogP contribution in [0.1, 0.15) is 23.3 Å². The minimum atomic E-state index is -0.120. The van der Waals surface area contributed by atoms with Crippen molar-refractivity contribution in [3.63, 3.8) is 0 Å². The monoisotopic (exact) mass is 287 g/mol. The highest BCUT2D eigenvalue weighted by Crippen LogP contribution is 2.32. The standard InChI is InChI=1S/C15H17N3OS/c16-8-12(10-6-7-10)17-14(19)13-9-20-15(18-13)11-4-2-1-3-5-11/h1-5,9-10,12H,6-8,16H2,(H,17,19). The van der Waals surface area contributed by atoms with Crippen LogP contribution in [0.15, 0.2) is 35.7 Å². The van der Waals surface area contributed by atoms with Gasteiger partial charge in [-0.2, -0.15) is 0 Å². The Balaban J connectivity index is 1.71. The Morgan fingerprint density at radius 3 is 2.80 bits per heavy atom. The maximum absolute atomic E-state index is 12.2. The number of benzene rings is 1. The van der Waals surface area contributed by atoms with Gasteiger partial charge in [0.05, 0.1) is 0 Å². The lowest BCUT2D eigenvalue weighted by Crippen LogP contribution is -2.41. The van der Waals surface area contributed by atoms with Crippen LogP contribution in [0.25, 0.3) is 10.6 Å². The van der Waals surface area contributed by atoms with Gasteiger partial charge in [-0.3, -0.25) is 4.79 Å². The third kappa shape index (κ3) is 2.89. The van der Waals surface area contributed by atoms with Crippen LogP contribution in [0, 0.1) is 5.92 Å². The molecule has 1 aliphatic carbocycles. The Kier molecular flexibility index (Phi) is 3.80. The highest BCUT2D eigenvalue weighted by Gasteiger charge is 2.31. The number of nitrogens with two attached hydrogens (primary N) is 1. The lowest BCUT2D eigenvalue weighted by Gasteiger charge is -2.14. The van der Waals surface area contributed by atoms with Crippen LogP contribution >= 0.6 is 11.3 Å².